The zero-order chi connectivity index (χ0) is 18.5. The summed E-state index contributed by atoms with van der Waals surface area (Å²) >= 11 is -1.76. The van der Waals surface area contributed by atoms with Crippen molar-refractivity contribution in [1.29, 1.82) is 0 Å². The van der Waals surface area contributed by atoms with E-state index in [-0.39, 0.29) is 11.1 Å². The molecule has 0 bridgehead atoms. The zero-order valence-electron chi connectivity index (χ0n) is 14.1. The van der Waals surface area contributed by atoms with Gasteiger partial charge in [0.05, 0.1) is 0 Å². The molecule has 0 saturated carbocycles. The van der Waals surface area contributed by atoms with Crippen molar-refractivity contribution in [3.05, 3.63) is 83.4 Å². The van der Waals surface area contributed by atoms with Crippen LogP contribution < -0.4 is 0 Å². The third-order valence-electron chi connectivity index (χ3n) is 5.05. The summed E-state index contributed by atoms with van der Waals surface area (Å²) in [5.74, 6) is 0. The number of hydrogen-bond donors (Lipinski definition) is 1. The van der Waals surface area contributed by atoms with E-state index < -0.39 is 30.3 Å². The minimum absolute atomic E-state index is 0.269. The molecule has 3 aromatic rings. The number of halogens is 3. The summed E-state index contributed by atoms with van der Waals surface area (Å²) < 4.78 is 30.1. The third-order valence-corrected chi connectivity index (χ3v) is 6.79. The highest BCUT2D eigenvalue weighted by Crippen LogP contribution is 2.58. The quantitative estimate of drug-likeness (QED) is 0.381. The molecule has 1 unspecified atom stereocenters. The average molecular weight is 462 g/mol. The summed E-state index contributed by atoms with van der Waals surface area (Å²) in [5, 5.41) is 11.3. The molecule has 0 heterocycles. The van der Waals surface area contributed by atoms with Crippen LogP contribution in [0.3, 0.4) is 0 Å². The molecular formula is C22H17F2IO. The average Bonchev–Trinajstić information content (AvgIpc) is 2.92. The van der Waals surface area contributed by atoms with Crippen LogP contribution >= 0.6 is 20.7 Å². The van der Waals surface area contributed by atoms with Crippen LogP contribution in [0.15, 0.2) is 66.7 Å². The molecule has 1 atom stereocenters. The molecule has 0 amide bonds. The first-order valence-electron chi connectivity index (χ1n) is 8.20. The Morgan fingerprint density at radius 3 is 2.19 bits per heavy atom. The van der Waals surface area contributed by atoms with Crippen LogP contribution in [0.5, 0.6) is 0 Å². The van der Waals surface area contributed by atoms with Crippen LogP contribution in [0.4, 0.5) is 8.78 Å². The number of rotatable bonds is 3. The lowest BCUT2D eigenvalue weighted by Crippen LogP contribution is -2.40. The lowest BCUT2D eigenvalue weighted by Gasteiger charge is -2.32. The number of alkyl halides is 3. The Morgan fingerprint density at radius 2 is 1.50 bits per heavy atom. The summed E-state index contributed by atoms with van der Waals surface area (Å²) in [6, 6.07) is 20.2. The topological polar surface area (TPSA) is 20.2 Å². The van der Waals surface area contributed by atoms with Crippen molar-refractivity contribution in [2.24, 2.45) is 0 Å². The minimum atomic E-state index is -3.27. The molecule has 4 heteroatoms. The van der Waals surface area contributed by atoms with Crippen LogP contribution in [0.25, 0.3) is 22.3 Å². The van der Waals surface area contributed by atoms with E-state index in [1.165, 1.54) is 0 Å². The summed E-state index contributed by atoms with van der Waals surface area (Å²) in [5.41, 5.74) is 2.40. The van der Waals surface area contributed by atoms with Crippen LogP contribution in [0.1, 0.15) is 16.7 Å². The van der Waals surface area contributed by atoms with Crippen molar-refractivity contribution in [2.75, 3.05) is 0 Å². The molecule has 0 saturated heterocycles. The highest BCUT2D eigenvalue weighted by molar-refractivity contribution is 14.2. The minimum Gasteiger partial charge on any atom is -0.374 e. The fourth-order valence-corrected chi connectivity index (χ4v) is 4.86. The van der Waals surface area contributed by atoms with Gasteiger partial charge in [0.1, 0.15) is 0 Å². The Bertz CT molecular complexity index is 1030. The van der Waals surface area contributed by atoms with Gasteiger partial charge in [0.15, 0.2) is 5.60 Å². The van der Waals surface area contributed by atoms with Gasteiger partial charge >= 0.3 is 3.93 Å². The van der Waals surface area contributed by atoms with E-state index in [1.54, 1.807) is 30.3 Å². The summed E-state index contributed by atoms with van der Waals surface area (Å²) in [7, 11) is 0. The Kier molecular flexibility index (Phi) is 4.08. The van der Waals surface area contributed by atoms with Gasteiger partial charge < -0.3 is 5.11 Å². The van der Waals surface area contributed by atoms with Crippen LogP contribution in [0.2, 0.25) is 0 Å². The molecule has 1 aliphatic rings. The van der Waals surface area contributed by atoms with Crippen molar-refractivity contribution < 1.29 is 13.9 Å². The van der Waals surface area contributed by atoms with E-state index in [9.17, 15) is 13.9 Å². The molecule has 0 fully saturated rings. The smallest absolute Gasteiger partial charge is 0.327 e. The fourth-order valence-electron chi connectivity index (χ4n) is 3.72. The monoisotopic (exact) mass is 462 g/mol. The number of hydrogen-bond acceptors (Lipinski definition) is 1. The predicted octanol–water partition coefficient (Wildman–Crippen LogP) is 5.87. The Labute approximate surface area is 161 Å². The van der Waals surface area contributed by atoms with Crippen LogP contribution in [-0.4, -0.2) is 13.6 Å². The van der Waals surface area contributed by atoms with Gasteiger partial charge in [-0.05, 0) is 61.5 Å². The van der Waals surface area contributed by atoms with Gasteiger partial charge in [-0.25, -0.2) is 0 Å². The molecule has 0 spiro atoms. The second-order valence-corrected chi connectivity index (χ2v) is 8.58. The first-order valence-corrected chi connectivity index (χ1v) is 10.8. The summed E-state index contributed by atoms with van der Waals surface area (Å²) in [6.45, 7) is 1.99. The second-order valence-electron chi connectivity index (χ2n) is 6.46. The first-order chi connectivity index (χ1) is 12.4. The van der Waals surface area contributed by atoms with Gasteiger partial charge in [0.25, 0.3) is 0 Å². The van der Waals surface area contributed by atoms with E-state index in [0.717, 1.165) is 16.7 Å². The van der Waals surface area contributed by atoms with Gasteiger partial charge in [-0.2, -0.15) is 8.78 Å². The normalized spacial score (nSPS) is 18.5. The van der Waals surface area contributed by atoms with E-state index >= 15 is 0 Å². The van der Waals surface area contributed by atoms with Crippen molar-refractivity contribution in [3.8, 4) is 22.3 Å². The highest BCUT2D eigenvalue weighted by Gasteiger charge is 2.58. The Hall–Kier alpha value is -1.92. The second kappa shape index (κ2) is 6.06. The maximum Gasteiger partial charge on any atom is 0.327 e. The van der Waals surface area contributed by atoms with E-state index in [2.05, 4.69) is 4.51 Å². The summed E-state index contributed by atoms with van der Waals surface area (Å²) in [4.78, 5) is 0. The number of aliphatic hydroxyl groups is 1. The Morgan fingerprint density at radius 1 is 0.885 bits per heavy atom. The third kappa shape index (κ3) is 2.32. The van der Waals surface area contributed by atoms with Gasteiger partial charge in [-0.1, -0.05) is 65.2 Å². The van der Waals surface area contributed by atoms with Crippen molar-refractivity contribution in [1.82, 2.24) is 0 Å². The van der Waals surface area contributed by atoms with E-state index in [4.69, 9.17) is 0 Å². The standard InChI is InChI=1S/C22H17F2IO/c1-14-7-3-4-8-16(14)15-11-12-18-17-9-5-6-10-19(17)21(26,20(18)13-15)22(23,24)25-2/h3-13,26H,2H2,1H3. The van der Waals surface area contributed by atoms with E-state index in [1.807, 2.05) is 43.3 Å². The maximum atomic E-state index is 14.9. The zero-order valence-corrected chi connectivity index (χ0v) is 16.3. The number of aryl methyl sites for hydroxylation is 1. The number of benzene rings is 3. The fraction of sp³-hybridized carbons (Fsp3) is 0.136. The maximum absolute atomic E-state index is 14.9. The van der Waals surface area contributed by atoms with Crippen LogP contribution in [-0.2, 0) is 5.60 Å². The molecule has 4 rings (SSSR count). The van der Waals surface area contributed by atoms with Crippen LogP contribution in [0, 0.1) is 6.92 Å². The molecular weight excluding hydrogens is 445 g/mol. The number of fused-ring (bicyclic) bond motifs is 3. The SMILES string of the molecule is C=IC(F)(F)C1(O)c2ccccc2-c2ccc(-c3ccccc3C)cc21. The van der Waals surface area contributed by atoms with Gasteiger partial charge in [0, 0.05) is 11.1 Å². The lowest BCUT2D eigenvalue weighted by atomic mass is 9.89. The molecule has 1 N–H and O–H groups in total. The highest BCUT2D eigenvalue weighted by atomic mass is 127. The molecule has 0 aromatic heterocycles. The summed E-state index contributed by atoms with van der Waals surface area (Å²) in [6.07, 6.45) is 0. The van der Waals surface area contributed by atoms with Gasteiger partial charge in [-0.15, -0.1) is 0 Å². The predicted molar refractivity (Wildman–Crippen MR) is 111 cm³/mol. The molecule has 26 heavy (non-hydrogen) atoms. The van der Waals surface area contributed by atoms with Crippen molar-refractivity contribution in [2.45, 2.75) is 16.5 Å². The van der Waals surface area contributed by atoms with E-state index in [0.29, 0.717) is 11.1 Å². The molecule has 0 aliphatic heterocycles. The first kappa shape index (κ1) is 17.5. The molecule has 0 radical (unpaired) electrons. The van der Waals surface area contributed by atoms with Crippen molar-refractivity contribution >= 4 is 25.2 Å². The molecule has 132 valence electrons. The molecule has 3 aromatic carbocycles. The Balaban J connectivity index is 2.02. The lowest BCUT2D eigenvalue weighted by molar-refractivity contribution is -0.0822. The molecule has 1 aliphatic carbocycles. The van der Waals surface area contributed by atoms with Gasteiger partial charge in [-0.3, -0.25) is 0 Å². The largest absolute Gasteiger partial charge is 0.374 e. The van der Waals surface area contributed by atoms with Gasteiger partial charge in [0.2, 0.25) is 0 Å². The molecule has 1 nitrogen and oxygen atoms in total. The van der Waals surface area contributed by atoms with Crippen molar-refractivity contribution in [3.63, 3.8) is 0 Å².